The lowest BCUT2D eigenvalue weighted by Crippen LogP contribution is -2.11. The van der Waals surface area contributed by atoms with E-state index in [4.69, 9.17) is 0 Å². The van der Waals surface area contributed by atoms with Crippen LogP contribution in [0.4, 0.5) is 5.82 Å². The fraction of sp³-hybridized carbons (Fsp3) is 0.462. The van der Waals surface area contributed by atoms with Crippen molar-refractivity contribution in [3.63, 3.8) is 0 Å². The number of nitrogens with one attached hydrogen (secondary N) is 1. The molecule has 1 fully saturated rings. The molecule has 1 N–H and O–H groups in total. The first kappa shape index (κ1) is 12.6. The van der Waals surface area contributed by atoms with Crippen LogP contribution in [0.25, 0.3) is 5.82 Å². The molecule has 1 aliphatic rings. The maximum absolute atomic E-state index is 4.69. The van der Waals surface area contributed by atoms with E-state index >= 15 is 0 Å². The second kappa shape index (κ2) is 4.92. The zero-order valence-electron chi connectivity index (χ0n) is 11.0. The quantitative estimate of drug-likeness (QED) is 0.940. The van der Waals surface area contributed by atoms with Gasteiger partial charge in [-0.2, -0.15) is 5.10 Å². The fourth-order valence-electron chi connectivity index (χ4n) is 2.03. The topological polar surface area (TPSA) is 55.6 Å². The first-order chi connectivity index (χ1) is 9.19. The second-order valence-electron chi connectivity index (χ2n) is 4.79. The zero-order chi connectivity index (χ0) is 13.4. The van der Waals surface area contributed by atoms with E-state index in [-0.39, 0.29) is 0 Å². The van der Waals surface area contributed by atoms with Crippen LogP contribution in [0.2, 0.25) is 0 Å². The lowest BCUT2D eigenvalue weighted by molar-refractivity contribution is 0.799. The van der Waals surface area contributed by atoms with Gasteiger partial charge in [0.2, 0.25) is 0 Å². The van der Waals surface area contributed by atoms with Gasteiger partial charge in [-0.1, -0.05) is 0 Å². The Balaban J connectivity index is 2.10. The standard InChI is InChI=1S/C13H16BrN5/c1-3-15-11-8(2)13(19-7-10(14)6-16-19)18-12(17-11)9-4-5-9/h6-7,9H,3-5H2,1-2H3,(H,15,17,18). The molecule has 2 aromatic rings. The van der Waals surface area contributed by atoms with Crippen LogP contribution in [0.3, 0.4) is 0 Å². The van der Waals surface area contributed by atoms with Crippen LogP contribution in [0, 0.1) is 6.92 Å². The van der Waals surface area contributed by atoms with Gasteiger partial charge in [-0.05, 0) is 42.6 Å². The molecule has 1 saturated carbocycles. The molecule has 0 bridgehead atoms. The van der Waals surface area contributed by atoms with E-state index < -0.39 is 0 Å². The van der Waals surface area contributed by atoms with Crippen molar-refractivity contribution in [2.45, 2.75) is 32.6 Å². The molecule has 0 atom stereocenters. The Morgan fingerprint density at radius 2 is 2.21 bits per heavy atom. The van der Waals surface area contributed by atoms with Crippen LogP contribution >= 0.6 is 15.9 Å². The molecule has 0 radical (unpaired) electrons. The Labute approximate surface area is 120 Å². The maximum atomic E-state index is 4.69. The molecule has 1 aliphatic carbocycles. The minimum atomic E-state index is 0.524. The van der Waals surface area contributed by atoms with Gasteiger partial charge in [-0.15, -0.1) is 0 Å². The number of nitrogens with zero attached hydrogens (tertiary/aromatic N) is 4. The third kappa shape index (κ3) is 2.49. The number of aromatic nitrogens is 4. The summed E-state index contributed by atoms with van der Waals surface area (Å²) in [5, 5.41) is 7.63. The average molecular weight is 322 g/mol. The average Bonchev–Trinajstić information content (AvgIpc) is 3.15. The van der Waals surface area contributed by atoms with Crippen molar-refractivity contribution >= 4 is 21.7 Å². The third-order valence-electron chi connectivity index (χ3n) is 3.19. The van der Waals surface area contributed by atoms with Gasteiger partial charge in [0, 0.05) is 24.2 Å². The van der Waals surface area contributed by atoms with Crippen molar-refractivity contribution < 1.29 is 0 Å². The van der Waals surface area contributed by atoms with E-state index in [1.54, 1.807) is 10.9 Å². The van der Waals surface area contributed by atoms with E-state index in [2.05, 4.69) is 43.2 Å². The van der Waals surface area contributed by atoms with Crippen LogP contribution < -0.4 is 5.32 Å². The zero-order valence-corrected chi connectivity index (χ0v) is 12.6. The molecule has 5 nitrogen and oxygen atoms in total. The second-order valence-corrected chi connectivity index (χ2v) is 5.70. The molecule has 19 heavy (non-hydrogen) atoms. The van der Waals surface area contributed by atoms with Crippen LogP contribution in [-0.2, 0) is 0 Å². The minimum Gasteiger partial charge on any atom is -0.370 e. The summed E-state index contributed by atoms with van der Waals surface area (Å²) < 4.78 is 2.75. The minimum absolute atomic E-state index is 0.524. The highest BCUT2D eigenvalue weighted by atomic mass is 79.9. The summed E-state index contributed by atoms with van der Waals surface area (Å²) in [5.74, 6) is 3.23. The highest BCUT2D eigenvalue weighted by molar-refractivity contribution is 9.10. The normalized spacial score (nSPS) is 14.7. The number of hydrogen-bond donors (Lipinski definition) is 1. The van der Waals surface area contributed by atoms with Gasteiger partial charge in [-0.3, -0.25) is 0 Å². The Bertz CT molecular complexity index is 603. The van der Waals surface area contributed by atoms with E-state index in [1.165, 1.54) is 12.8 Å². The highest BCUT2D eigenvalue weighted by Crippen LogP contribution is 2.39. The summed E-state index contributed by atoms with van der Waals surface area (Å²) in [4.78, 5) is 9.33. The molecule has 2 aromatic heterocycles. The van der Waals surface area contributed by atoms with E-state index in [0.717, 1.165) is 34.0 Å². The number of anilines is 1. The lowest BCUT2D eigenvalue weighted by Gasteiger charge is -2.12. The van der Waals surface area contributed by atoms with Gasteiger partial charge in [-0.25, -0.2) is 14.6 Å². The van der Waals surface area contributed by atoms with E-state index in [1.807, 2.05) is 13.1 Å². The van der Waals surface area contributed by atoms with Crippen molar-refractivity contribution in [2.75, 3.05) is 11.9 Å². The molecule has 2 heterocycles. The predicted octanol–water partition coefficient (Wildman–Crippen LogP) is 3.04. The Morgan fingerprint density at radius 1 is 1.42 bits per heavy atom. The smallest absolute Gasteiger partial charge is 0.162 e. The van der Waals surface area contributed by atoms with Gasteiger partial charge in [0.05, 0.1) is 10.7 Å². The summed E-state index contributed by atoms with van der Waals surface area (Å²) in [5.41, 5.74) is 1.03. The summed E-state index contributed by atoms with van der Waals surface area (Å²) in [6.45, 7) is 4.95. The number of halogens is 1. The highest BCUT2D eigenvalue weighted by Gasteiger charge is 2.28. The van der Waals surface area contributed by atoms with Crippen LogP contribution in [0.5, 0.6) is 0 Å². The Morgan fingerprint density at radius 3 is 2.79 bits per heavy atom. The molecule has 0 aliphatic heterocycles. The SMILES string of the molecule is CCNc1nc(C2CC2)nc(-n2cc(Br)cn2)c1C. The van der Waals surface area contributed by atoms with Crippen LogP contribution in [0.1, 0.15) is 37.1 Å². The van der Waals surface area contributed by atoms with Crippen LogP contribution in [-0.4, -0.2) is 26.3 Å². The maximum Gasteiger partial charge on any atom is 0.162 e. The number of rotatable bonds is 4. The molecule has 0 amide bonds. The first-order valence-electron chi connectivity index (χ1n) is 6.52. The van der Waals surface area contributed by atoms with Gasteiger partial charge < -0.3 is 5.32 Å². The molecule has 3 rings (SSSR count). The summed E-state index contributed by atoms with van der Waals surface area (Å²) in [7, 11) is 0. The van der Waals surface area contributed by atoms with Crippen LogP contribution in [0.15, 0.2) is 16.9 Å². The lowest BCUT2D eigenvalue weighted by atomic mass is 10.2. The van der Waals surface area contributed by atoms with Crippen molar-refractivity contribution in [3.05, 3.63) is 28.3 Å². The first-order valence-corrected chi connectivity index (χ1v) is 7.31. The molecular formula is C13H16BrN5. The Kier molecular flexibility index (Phi) is 3.26. The van der Waals surface area contributed by atoms with Crippen molar-refractivity contribution in [2.24, 2.45) is 0 Å². The van der Waals surface area contributed by atoms with Gasteiger partial charge >= 0.3 is 0 Å². The molecule has 6 heteroatoms. The predicted molar refractivity (Wildman–Crippen MR) is 77.7 cm³/mol. The van der Waals surface area contributed by atoms with Crippen molar-refractivity contribution in [3.8, 4) is 5.82 Å². The molecule has 100 valence electrons. The van der Waals surface area contributed by atoms with E-state index in [0.29, 0.717) is 5.92 Å². The van der Waals surface area contributed by atoms with Crippen molar-refractivity contribution in [1.82, 2.24) is 19.7 Å². The molecule has 0 unspecified atom stereocenters. The number of hydrogen-bond acceptors (Lipinski definition) is 4. The van der Waals surface area contributed by atoms with Crippen molar-refractivity contribution in [1.29, 1.82) is 0 Å². The van der Waals surface area contributed by atoms with Gasteiger partial charge in [0.15, 0.2) is 5.82 Å². The van der Waals surface area contributed by atoms with Gasteiger partial charge in [0.1, 0.15) is 11.6 Å². The summed E-state index contributed by atoms with van der Waals surface area (Å²) in [6, 6.07) is 0. The fourth-order valence-corrected chi connectivity index (χ4v) is 2.31. The molecular weight excluding hydrogens is 306 g/mol. The molecule has 0 saturated heterocycles. The monoisotopic (exact) mass is 321 g/mol. The largest absolute Gasteiger partial charge is 0.370 e. The van der Waals surface area contributed by atoms with Gasteiger partial charge in [0.25, 0.3) is 0 Å². The Hall–Kier alpha value is -1.43. The summed E-state index contributed by atoms with van der Waals surface area (Å²) >= 11 is 3.42. The van der Waals surface area contributed by atoms with E-state index in [9.17, 15) is 0 Å². The summed E-state index contributed by atoms with van der Waals surface area (Å²) in [6.07, 6.45) is 6.07. The molecule has 0 spiro atoms. The molecule has 0 aromatic carbocycles. The third-order valence-corrected chi connectivity index (χ3v) is 3.60.